The van der Waals surface area contributed by atoms with Crippen molar-refractivity contribution in [3.8, 4) is 5.69 Å². The number of urea groups is 1. The van der Waals surface area contributed by atoms with Gasteiger partial charge in [0.15, 0.2) is 0 Å². The van der Waals surface area contributed by atoms with Gasteiger partial charge in [-0.3, -0.25) is 4.79 Å². The molecule has 158 valence electrons. The molecule has 2 unspecified atom stereocenters. The molecule has 3 aliphatic heterocycles. The van der Waals surface area contributed by atoms with Gasteiger partial charge < -0.3 is 19.9 Å². The first-order chi connectivity index (χ1) is 14.5. The van der Waals surface area contributed by atoms with Crippen LogP contribution in [0.1, 0.15) is 18.0 Å². The van der Waals surface area contributed by atoms with Crippen molar-refractivity contribution in [3.05, 3.63) is 46.2 Å². The van der Waals surface area contributed by atoms with Crippen molar-refractivity contribution in [2.75, 3.05) is 32.8 Å². The summed E-state index contributed by atoms with van der Waals surface area (Å²) in [5, 5.41) is 8.67. The van der Waals surface area contributed by atoms with Crippen LogP contribution in [-0.2, 0) is 9.53 Å². The van der Waals surface area contributed by atoms with Crippen molar-refractivity contribution in [3.63, 3.8) is 0 Å². The summed E-state index contributed by atoms with van der Waals surface area (Å²) in [6.07, 6.45) is 2.60. The highest BCUT2D eigenvalue weighted by atomic mass is 35.5. The molecule has 4 heterocycles. The Labute approximate surface area is 183 Å². The first-order valence-corrected chi connectivity index (χ1v) is 10.7. The standard InChI is InChI=1S/C20H21Cl2N5O3/c21-13-1-2-17(14(22)7-13)27-6-3-15(24-27)12-8-26(9-12)20(29)25-5-4-18-16(10-25)23-19(28)11-30-18/h1-3,6-7,12,16,18H,4-5,8-11H2,(H,23,28). The van der Waals surface area contributed by atoms with Gasteiger partial charge in [-0.25, -0.2) is 9.48 Å². The van der Waals surface area contributed by atoms with Crippen LogP contribution in [0.15, 0.2) is 30.5 Å². The summed E-state index contributed by atoms with van der Waals surface area (Å²) in [5.74, 6) is 0.0717. The predicted molar refractivity (Wildman–Crippen MR) is 111 cm³/mol. The third kappa shape index (κ3) is 3.64. The molecule has 0 saturated carbocycles. The predicted octanol–water partition coefficient (Wildman–Crippen LogP) is 2.29. The van der Waals surface area contributed by atoms with E-state index in [1.807, 2.05) is 23.2 Å². The number of morpholine rings is 1. The van der Waals surface area contributed by atoms with Crippen LogP contribution in [0.5, 0.6) is 0 Å². The van der Waals surface area contributed by atoms with E-state index in [-0.39, 0.29) is 36.6 Å². The molecule has 3 amide bonds. The van der Waals surface area contributed by atoms with E-state index in [4.69, 9.17) is 27.9 Å². The van der Waals surface area contributed by atoms with Crippen molar-refractivity contribution < 1.29 is 14.3 Å². The molecule has 2 aromatic rings. The fourth-order valence-corrected chi connectivity index (χ4v) is 4.75. The fraction of sp³-hybridized carbons (Fsp3) is 0.450. The number of likely N-dealkylation sites (tertiary alicyclic amines) is 2. The summed E-state index contributed by atoms with van der Waals surface area (Å²) >= 11 is 12.2. The minimum Gasteiger partial charge on any atom is -0.366 e. The Hall–Kier alpha value is -2.29. The number of ether oxygens (including phenoxy) is 1. The van der Waals surface area contributed by atoms with E-state index in [0.717, 1.165) is 17.8 Å². The number of fused-ring (bicyclic) bond motifs is 1. The summed E-state index contributed by atoms with van der Waals surface area (Å²) in [4.78, 5) is 28.1. The van der Waals surface area contributed by atoms with Gasteiger partial charge in [-0.1, -0.05) is 23.2 Å². The zero-order valence-electron chi connectivity index (χ0n) is 16.1. The third-order valence-electron chi connectivity index (χ3n) is 5.93. The smallest absolute Gasteiger partial charge is 0.320 e. The van der Waals surface area contributed by atoms with Gasteiger partial charge in [0.05, 0.1) is 28.5 Å². The van der Waals surface area contributed by atoms with Gasteiger partial charge >= 0.3 is 6.03 Å². The lowest BCUT2D eigenvalue weighted by atomic mass is 9.96. The number of rotatable bonds is 2. The monoisotopic (exact) mass is 449 g/mol. The average molecular weight is 450 g/mol. The molecule has 0 aliphatic carbocycles. The zero-order valence-corrected chi connectivity index (χ0v) is 17.6. The molecular formula is C20H21Cl2N5O3. The number of hydrogen-bond donors (Lipinski definition) is 1. The molecule has 1 aromatic carbocycles. The molecule has 1 aromatic heterocycles. The van der Waals surface area contributed by atoms with E-state index in [1.165, 1.54) is 0 Å². The first kappa shape index (κ1) is 19.7. The van der Waals surface area contributed by atoms with Gasteiger partial charge in [-0.2, -0.15) is 5.10 Å². The van der Waals surface area contributed by atoms with Gasteiger partial charge in [0.25, 0.3) is 0 Å². The molecule has 1 N–H and O–H groups in total. The molecule has 2 atom stereocenters. The number of nitrogens with one attached hydrogen (secondary N) is 1. The van der Waals surface area contributed by atoms with Gasteiger partial charge in [0.1, 0.15) is 6.61 Å². The summed E-state index contributed by atoms with van der Waals surface area (Å²) in [6.45, 7) is 2.48. The number of aromatic nitrogens is 2. The molecule has 0 radical (unpaired) electrons. The second-order valence-electron chi connectivity index (χ2n) is 7.92. The van der Waals surface area contributed by atoms with Crippen molar-refractivity contribution in [2.24, 2.45) is 0 Å². The van der Waals surface area contributed by atoms with Crippen LogP contribution in [0.25, 0.3) is 5.69 Å². The molecule has 3 saturated heterocycles. The normalized spacial score (nSPS) is 24.3. The average Bonchev–Trinajstić information content (AvgIpc) is 3.15. The lowest BCUT2D eigenvalue weighted by molar-refractivity contribution is -0.139. The Bertz CT molecular complexity index is 991. The SMILES string of the molecule is O=C1COC2CCN(C(=O)N3CC(c4ccn(-c5ccc(Cl)cc5Cl)n4)C3)CC2N1. The number of halogens is 2. The van der Waals surface area contributed by atoms with Crippen molar-refractivity contribution in [1.29, 1.82) is 0 Å². The maximum atomic E-state index is 12.9. The minimum absolute atomic E-state index is 0.000421. The molecule has 3 aliphatic rings. The number of carbonyl (C=O) groups is 2. The first-order valence-electron chi connectivity index (χ1n) is 9.94. The van der Waals surface area contributed by atoms with Crippen molar-refractivity contribution in [1.82, 2.24) is 24.9 Å². The lowest BCUT2D eigenvalue weighted by Crippen LogP contribution is -2.63. The Morgan fingerprint density at radius 1 is 1.17 bits per heavy atom. The van der Waals surface area contributed by atoms with Gasteiger partial charge in [-0.05, 0) is 30.7 Å². The van der Waals surface area contributed by atoms with Crippen LogP contribution in [0.4, 0.5) is 4.79 Å². The maximum Gasteiger partial charge on any atom is 0.320 e. The molecular weight excluding hydrogens is 429 g/mol. The van der Waals surface area contributed by atoms with Gasteiger partial charge in [-0.15, -0.1) is 0 Å². The summed E-state index contributed by atoms with van der Waals surface area (Å²) in [5.41, 5.74) is 1.69. The molecule has 3 fully saturated rings. The van der Waals surface area contributed by atoms with Crippen molar-refractivity contribution in [2.45, 2.75) is 24.5 Å². The molecule has 10 heteroatoms. The summed E-state index contributed by atoms with van der Waals surface area (Å²) in [7, 11) is 0. The molecule has 8 nitrogen and oxygen atoms in total. The Balaban J connectivity index is 1.19. The zero-order chi connectivity index (χ0) is 20.8. The van der Waals surface area contributed by atoms with Crippen LogP contribution in [0.3, 0.4) is 0 Å². The maximum absolute atomic E-state index is 12.9. The quantitative estimate of drug-likeness (QED) is 0.762. The molecule has 30 heavy (non-hydrogen) atoms. The van der Waals surface area contributed by atoms with Crippen LogP contribution in [0.2, 0.25) is 10.0 Å². The van der Waals surface area contributed by atoms with E-state index in [2.05, 4.69) is 10.4 Å². The van der Waals surface area contributed by atoms with Crippen molar-refractivity contribution >= 4 is 35.1 Å². The van der Waals surface area contributed by atoms with Gasteiger partial charge in [0.2, 0.25) is 5.91 Å². The van der Waals surface area contributed by atoms with E-state index in [0.29, 0.717) is 36.2 Å². The number of amides is 3. The Morgan fingerprint density at radius 2 is 2.00 bits per heavy atom. The number of carbonyl (C=O) groups excluding carboxylic acids is 2. The summed E-state index contributed by atoms with van der Waals surface area (Å²) < 4.78 is 7.29. The second-order valence-corrected chi connectivity index (χ2v) is 8.77. The topological polar surface area (TPSA) is 79.7 Å². The largest absolute Gasteiger partial charge is 0.366 e. The lowest BCUT2D eigenvalue weighted by Gasteiger charge is -2.45. The highest BCUT2D eigenvalue weighted by Crippen LogP contribution is 2.30. The van der Waals surface area contributed by atoms with E-state index < -0.39 is 0 Å². The molecule has 5 rings (SSSR count). The fourth-order valence-electron chi connectivity index (χ4n) is 4.25. The number of piperidine rings is 1. The Kier molecular flexibility index (Phi) is 5.08. The highest BCUT2D eigenvalue weighted by Gasteiger charge is 2.40. The van der Waals surface area contributed by atoms with Crippen LogP contribution >= 0.6 is 23.2 Å². The number of nitrogens with zero attached hydrogens (tertiary/aromatic N) is 4. The van der Waals surface area contributed by atoms with E-state index >= 15 is 0 Å². The third-order valence-corrected chi connectivity index (χ3v) is 6.47. The second kappa shape index (κ2) is 7.76. The number of hydrogen-bond acceptors (Lipinski definition) is 4. The number of benzene rings is 1. The van der Waals surface area contributed by atoms with Crippen LogP contribution in [0, 0.1) is 0 Å². The van der Waals surface area contributed by atoms with Gasteiger partial charge in [0, 0.05) is 43.3 Å². The van der Waals surface area contributed by atoms with Crippen LogP contribution < -0.4 is 5.32 Å². The minimum atomic E-state index is -0.124. The van der Waals surface area contributed by atoms with E-state index in [9.17, 15) is 9.59 Å². The molecule has 0 spiro atoms. The highest BCUT2D eigenvalue weighted by molar-refractivity contribution is 6.35. The van der Waals surface area contributed by atoms with E-state index in [1.54, 1.807) is 21.7 Å². The summed E-state index contributed by atoms with van der Waals surface area (Å²) in [6, 6.07) is 7.13. The van der Waals surface area contributed by atoms with Crippen LogP contribution in [-0.4, -0.2) is 76.5 Å². The molecule has 0 bridgehead atoms. The Morgan fingerprint density at radius 3 is 2.80 bits per heavy atom.